The minimum Gasteiger partial charge on any atom is -0.314 e. The van der Waals surface area contributed by atoms with Gasteiger partial charge in [-0.25, -0.2) is 0 Å². The first-order valence-corrected chi connectivity index (χ1v) is 6.75. The third-order valence-electron chi connectivity index (χ3n) is 3.23. The summed E-state index contributed by atoms with van der Waals surface area (Å²) in [5, 5.41) is 14.2. The van der Waals surface area contributed by atoms with Crippen LogP contribution in [0.2, 0.25) is 0 Å². The Morgan fingerprint density at radius 3 is 3.06 bits per heavy atom. The zero-order valence-corrected chi connectivity index (χ0v) is 11.8. The molecule has 1 heterocycles. The van der Waals surface area contributed by atoms with Gasteiger partial charge in [0, 0.05) is 38.3 Å². The number of hydrogen-bond acceptors (Lipinski definition) is 4. The molecule has 0 aromatic heterocycles. The predicted octanol–water partition coefficient (Wildman–Crippen LogP) is 2.15. The first kappa shape index (κ1) is 13.5. The van der Waals surface area contributed by atoms with E-state index in [0.29, 0.717) is 10.5 Å². The van der Waals surface area contributed by atoms with Gasteiger partial charge in [0.25, 0.3) is 5.69 Å². The van der Waals surface area contributed by atoms with Gasteiger partial charge in [0.05, 0.1) is 9.40 Å². The molecule has 0 unspecified atom stereocenters. The van der Waals surface area contributed by atoms with Gasteiger partial charge in [-0.15, -0.1) is 0 Å². The van der Waals surface area contributed by atoms with Crippen molar-refractivity contribution in [3.05, 3.63) is 38.3 Å². The molecule has 2 rings (SSSR count). The first-order chi connectivity index (χ1) is 8.58. The number of rotatable bonds is 3. The summed E-state index contributed by atoms with van der Waals surface area (Å²) in [4.78, 5) is 12.9. The molecule has 0 saturated carbocycles. The van der Waals surface area contributed by atoms with E-state index in [4.69, 9.17) is 0 Å². The van der Waals surface area contributed by atoms with Gasteiger partial charge in [-0.3, -0.25) is 15.0 Å². The van der Waals surface area contributed by atoms with Crippen molar-refractivity contribution in [3.63, 3.8) is 0 Å². The summed E-state index contributed by atoms with van der Waals surface area (Å²) in [5.74, 6) is 0. The van der Waals surface area contributed by atoms with Gasteiger partial charge in [-0.2, -0.15) is 0 Å². The molecule has 6 heteroatoms. The number of nitro groups is 1. The van der Waals surface area contributed by atoms with Crippen molar-refractivity contribution in [3.8, 4) is 0 Å². The number of hydrogen-bond donors (Lipinski definition) is 1. The third-order valence-corrected chi connectivity index (χ3v) is 3.90. The van der Waals surface area contributed by atoms with E-state index in [-0.39, 0.29) is 10.6 Å². The van der Waals surface area contributed by atoms with Gasteiger partial charge in [-0.05, 0) is 34.5 Å². The lowest BCUT2D eigenvalue weighted by molar-refractivity contribution is -0.385. The largest absolute Gasteiger partial charge is 0.314 e. The number of nitro benzene ring substituents is 1. The summed E-state index contributed by atoms with van der Waals surface area (Å²) in [6.45, 7) is 5.85. The zero-order valence-electron chi connectivity index (χ0n) is 10.2. The quantitative estimate of drug-likeness (QED) is 0.686. The molecule has 1 aliphatic rings. The number of nitrogens with one attached hydrogen (secondary N) is 1. The third kappa shape index (κ3) is 3.07. The SMILES string of the molecule is C[C@@H]1CNCCN1Cc1ccc(Br)c([N+](=O)[O-])c1. The molecule has 1 aliphatic heterocycles. The van der Waals surface area contributed by atoms with Gasteiger partial charge >= 0.3 is 0 Å². The van der Waals surface area contributed by atoms with E-state index in [2.05, 4.69) is 33.1 Å². The minimum absolute atomic E-state index is 0.135. The maximum atomic E-state index is 10.9. The average Bonchev–Trinajstić information content (AvgIpc) is 2.34. The summed E-state index contributed by atoms with van der Waals surface area (Å²) >= 11 is 3.20. The lowest BCUT2D eigenvalue weighted by atomic mass is 10.1. The molecule has 0 radical (unpaired) electrons. The molecule has 0 spiro atoms. The fourth-order valence-electron chi connectivity index (χ4n) is 2.15. The van der Waals surface area contributed by atoms with Crippen LogP contribution in [-0.2, 0) is 6.54 Å². The Hall–Kier alpha value is -0.980. The van der Waals surface area contributed by atoms with Crippen LogP contribution in [0.25, 0.3) is 0 Å². The number of piperazine rings is 1. The van der Waals surface area contributed by atoms with E-state index in [1.807, 2.05) is 6.07 Å². The van der Waals surface area contributed by atoms with Crippen LogP contribution in [0.4, 0.5) is 5.69 Å². The average molecular weight is 314 g/mol. The zero-order chi connectivity index (χ0) is 13.1. The van der Waals surface area contributed by atoms with Crippen molar-refractivity contribution in [2.24, 2.45) is 0 Å². The van der Waals surface area contributed by atoms with Crippen molar-refractivity contribution in [1.82, 2.24) is 10.2 Å². The molecule has 0 aliphatic carbocycles. The maximum absolute atomic E-state index is 10.9. The Bertz CT molecular complexity index is 453. The molecule has 1 N–H and O–H groups in total. The van der Waals surface area contributed by atoms with Crippen molar-refractivity contribution >= 4 is 21.6 Å². The smallest absolute Gasteiger partial charge is 0.283 e. The van der Waals surface area contributed by atoms with Gasteiger partial charge in [0.15, 0.2) is 0 Å². The fourth-order valence-corrected chi connectivity index (χ4v) is 2.54. The Labute approximate surface area is 114 Å². The molecule has 1 aromatic carbocycles. The van der Waals surface area contributed by atoms with Crippen LogP contribution in [-0.4, -0.2) is 35.5 Å². The van der Waals surface area contributed by atoms with E-state index in [9.17, 15) is 10.1 Å². The molecule has 1 saturated heterocycles. The normalized spacial score (nSPS) is 20.9. The highest BCUT2D eigenvalue weighted by molar-refractivity contribution is 9.10. The van der Waals surface area contributed by atoms with Crippen molar-refractivity contribution in [2.45, 2.75) is 19.5 Å². The van der Waals surface area contributed by atoms with Gasteiger partial charge < -0.3 is 5.32 Å². The molecular weight excluding hydrogens is 298 g/mol. The highest BCUT2D eigenvalue weighted by atomic mass is 79.9. The molecule has 18 heavy (non-hydrogen) atoms. The van der Waals surface area contributed by atoms with Crippen molar-refractivity contribution < 1.29 is 4.92 Å². The maximum Gasteiger partial charge on any atom is 0.283 e. The van der Waals surface area contributed by atoms with Gasteiger partial charge in [-0.1, -0.05) is 6.07 Å². The Morgan fingerprint density at radius 1 is 1.61 bits per heavy atom. The van der Waals surface area contributed by atoms with Gasteiger partial charge in [0.1, 0.15) is 0 Å². The Kier molecular flexibility index (Phi) is 4.31. The standard InChI is InChI=1S/C12H16BrN3O2/c1-9-7-14-4-5-15(9)8-10-2-3-11(13)12(6-10)16(17)18/h2-3,6,9,14H,4-5,7-8H2,1H3/t9-/m1/s1. The van der Waals surface area contributed by atoms with Crippen molar-refractivity contribution in [1.29, 1.82) is 0 Å². The van der Waals surface area contributed by atoms with Crippen LogP contribution in [0.1, 0.15) is 12.5 Å². The second-order valence-electron chi connectivity index (χ2n) is 4.57. The summed E-state index contributed by atoms with van der Waals surface area (Å²) in [6, 6.07) is 5.80. The second kappa shape index (κ2) is 5.77. The van der Waals surface area contributed by atoms with Crippen LogP contribution >= 0.6 is 15.9 Å². The van der Waals surface area contributed by atoms with Crippen LogP contribution < -0.4 is 5.32 Å². The second-order valence-corrected chi connectivity index (χ2v) is 5.42. The highest BCUT2D eigenvalue weighted by Gasteiger charge is 2.19. The van der Waals surface area contributed by atoms with Gasteiger partial charge in [0.2, 0.25) is 0 Å². The van der Waals surface area contributed by atoms with Crippen LogP contribution in [0.3, 0.4) is 0 Å². The summed E-state index contributed by atoms with van der Waals surface area (Å²) in [6.07, 6.45) is 0. The van der Waals surface area contributed by atoms with E-state index in [0.717, 1.165) is 31.7 Å². The summed E-state index contributed by atoms with van der Waals surface area (Å²) in [5.41, 5.74) is 1.12. The monoisotopic (exact) mass is 313 g/mol. The highest BCUT2D eigenvalue weighted by Crippen LogP contribution is 2.26. The number of benzene rings is 1. The molecule has 0 bridgehead atoms. The molecule has 1 aromatic rings. The Balaban J connectivity index is 2.14. The van der Waals surface area contributed by atoms with Crippen molar-refractivity contribution in [2.75, 3.05) is 19.6 Å². The molecule has 5 nitrogen and oxygen atoms in total. The Morgan fingerprint density at radius 2 is 2.39 bits per heavy atom. The van der Waals surface area contributed by atoms with E-state index in [1.54, 1.807) is 12.1 Å². The van der Waals surface area contributed by atoms with Crippen LogP contribution in [0.15, 0.2) is 22.7 Å². The summed E-state index contributed by atoms with van der Waals surface area (Å²) in [7, 11) is 0. The lowest BCUT2D eigenvalue weighted by Crippen LogP contribution is -2.49. The fraction of sp³-hybridized carbons (Fsp3) is 0.500. The molecule has 0 amide bonds. The lowest BCUT2D eigenvalue weighted by Gasteiger charge is -2.33. The van der Waals surface area contributed by atoms with E-state index < -0.39 is 0 Å². The minimum atomic E-state index is -0.352. The van der Waals surface area contributed by atoms with E-state index in [1.165, 1.54) is 0 Å². The number of halogens is 1. The molecule has 98 valence electrons. The molecule has 1 fully saturated rings. The summed E-state index contributed by atoms with van der Waals surface area (Å²) < 4.78 is 0.532. The van der Waals surface area contributed by atoms with Crippen LogP contribution in [0, 0.1) is 10.1 Å². The van der Waals surface area contributed by atoms with Crippen LogP contribution in [0.5, 0.6) is 0 Å². The first-order valence-electron chi connectivity index (χ1n) is 5.95. The molecular formula is C12H16BrN3O2. The number of nitrogens with zero attached hydrogens (tertiary/aromatic N) is 2. The van der Waals surface area contributed by atoms with E-state index >= 15 is 0 Å². The molecule has 1 atom stereocenters. The predicted molar refractivity (Wildman–Crippen MR) is 73.5 cm³/mol. The topological polar surface area (TPSA) is 58.4 Å².